The number of hydrogen-bond acceptors (Lipinski definition) is 52. The van der Waals surface area contributed by atoms with Crippen molar-refractivity contribution in [3.8, 4) is 0 Å². The lowest BCUT2D eigenvalue weighted by molar-refractivity contribution is -0.496. The average Bonchev–Trinajstić information content (AvgIpc) is 1.37. The molecule has 16 heterocycles. The molecule has 4 bridgehead atoms. The van der Waals surface area contributed by atoms with Crippen molar-refractivity contribution >= 4 is 121 Å². The summed E-state index contributed by atoms with van der Waals surface area (Å²) in [4.78, 5) is 36.2. The molecule has 0 aromatic carbocycles. The second kappa shape index (κ2) is 23.8. The van der Waals surface area contributed by atoms with Crippen LogP contribution in [-0.2, 0) is 150 Å². The van der Waals surface area contributed by atoms with Crippen LogP contribution in [0, 0.1) is 0 Å². The standard InChI is InChI=1S/C30H36N19O36P9/c31-25-22-28(37-7-34-25)43(10-40-22)19-1-13(50)16(65-19)4-62-86(53,80-94(61)79-49-75-91(58,76-49)85-94)68-46-71-89(56,72-46)83-92(59)77-47(69-87(54,81-92)63-5-17-14(51)2-20(66-17)44-11-41-23-26(32)35-8-38-29(23)44)73-90(57)74-48-70-88(55,82-93(60,78-48)84-90)64-6-18-15(52)3-21(67-18)45-12-42-24-27(33)36-9-39-30(24)45/h7-21,50-52H,1-6H2,(H2,31,34,37)(H2,32,35,38)(H2,33,36,39)/t13-,14-,15-,16+,17+,18+,19+,20+,21+,86?,87?,88?,90?,92?,93?,94?/m0/s1. The average molecular weight is 1520 g/mol. The van der Waals surface area contributed by atoms with E-state index in [1.807, 2.05) is 0 Å². The largest absolute Gasteiger partial charge is 0.524 e. The molecule has 94 heavy (non-hydrogen) atoms. The summed E-state index contributed by atoms with van der Waals surface area (Å²) in [6, 6.07) is 0. The number of hydrogen-bond donors (Lipinski definition) is 6. The Kier molecular flexibility index (Phi) is 16.6. The Morgan fingerprint density at radius 1 is 0.468 bits per heavy atom. The van der Waals surface area contributed by atoms with Crippen LogP contribution in [-0.4, -0.2) is 152 Å². The third-order valence-corrected chi connectivity index (χ3v) is 28.1. The maximum absolute atomic E-state index is 14.5. The van der Waals surface area contributed by atoms with Crippen LogP contribution in [0.2, 0.25) is 0 Å². The second-order valence-corrected chi connectivity index (χ2v) is 34.0. The number of fused-ring (bicyclic) bond motifs is 7. The third kappa shape index (κ3) is 12.9. The Hall–Kier alpha value is -4.12. The summed E-state index contributed by atoms with van der Waals surface area (Å²) in [5.41, 5.74) is 18.6. The van der Waals surface area contributed by atoms with E-state index in [0.717, 1.165) is 19.0 Å². The number of ether oxygens (including phenoxy) is 3. The van der Waals surface area contributed by atoms with Gasteiger partial charge in [0.25, 0.3) is 0 Å². The SMILES string of the molecule is Nc1ncnc2c1ncn2[C@H]1C[C@H](O)[C@@H](COP2(=O)ON(OP3(=O)ON4OP(=O)(OC[C@H]5O[C@@H](n6cnc7c(N)ncnc76)C[C@@H]5O)OP(=O)(O4)O3)OP(=O)(OP3(=O)ON(OP(=O)(OC[C@H]4O[C@@H](n5cnc6c(N)ncnc65)C[C@@H]4O)OP4(=O)ON5OP(=O)(O5)O4)O3)O2)O1. The van der Waals surface area contributed by atoms with Gasteiger partial charge in [-0.1, -0.05) is 0 Å². The van der Waals surface area contributed by atoms with Crippen molar-refractivity contribution in [2.75, 3.05) is 37.0 Å². The number of anilines is 3. The van der Waals surface area contributed by atoms with E-state index in [1.54, 1.807) is 0 Å². The normalized spacial score (nSPS) is 40.4. The van der Waals surface area contributed by atoms with Crippen molar-refractivity contribution < 1.29 is 166 Å². The van der Waals surface area contributed by atoms with Gasteiger partial charge in [-0.3, -0.25) is 27.3 Å². The maximum Gasteiger partial charge on any atom is 0.524 e. The number of nitrogens with two attached hydrogens (primary N) is 3. The van der Waals surface area contributed by atoms with Gasteiger partial charge in [-0.15, -0.1) is 55.5 Å². The van der Waals surface area contributed by atoms with Gasteiger partial charge in [0, 0.05) is 19.3 Å². The maximum atomic E-state index is 14.5. The second-order valence-electron chi connectivity index (χ2n) is 19.3. The lowest BCUT2D eigenvalue weighted by Crippen LogP contribution is -2.37. The Morgan fingerprint density at radius 2 is 0.872 bits per heavy atom. The smallest absolute Gasteiger partial charge is 0.390 e. The molecule has 9 N–H and O–H groups in total. The molecule has 0 aliphatic carbocycles. The predicted octanol–water partition coefficient (Wildman–Crippen LogP) is 2.79. The topological polar surface area (TPSA) is 658 Å². The molecular formula is C30H36N19O36P9. The molecule has 55 nitrogen and oxygen atoms in total. The summed E-state index contributed by atoms with van der Waals surface area (Å²) < 4.78 is 247. The van der Waals surface area contributed by atoms with Crippen molar-refractivity contribution in [3.63, 3.8) is 0 Å². The van der Waals surface area contributed by atoms with Crippen LogP contribution >= 0.6 is 70.4 Å². The zero-order chi connectivity index (χ0) is 65.8. The summed E-state index contributed by atoms with van der Waals surface area (Å²) in [5, 5.41) is 30.7. The van der Waals surface area contributed by atoms with Crippen LogP contribution in [0.25, 0.3) is 33.5 Å². The lowest BCUT2D eigenvalue weighted by atomic mass is 10.2. The van der Waals surface area contributed by atoms with E-state index in [-0.39, 0.29) is 75.6 Å². The number of nitrogens with zero attached hydrogens (tertiary/aromatic N) is 16. The molecule has 17 atom stereocenters. The van der Waals surface area contributed by atoms with Gasteiger partial charge in [0.1, 0.15) is 94.1 Å². The molecule has 512 valence electrons. The van der Waals surface area contributed by atoms with Gasteiger partial charge >= 0.3 is 70.4 Å². The van der Waals surface area contributed by atoms with Crippen LogP contribution in [0.1, 0.15) is 37.9 Å². The zero-order valence-corrected chi connectivity index (χ0v) is 53.2. The highest BCUT2D eigenvalue weighted by Crippen LogP contribution is 2.84. The van der Waals surface area contributed by atoms with Crippen molar-refractivity contribution in [3.05, 3.63) is 38.0 Å². The van der Waals surface area contributed by atoms with Crippen LogP contribution in [0.5, 0.6) is 0 Å². The summed E-state index contributed by atoms with van der Waals surface area (Å²) in [6.07, 6.45) is -5.42. The molecule has 6 aromatic heterocycles. The number of aromatic nitrogens is 12. The van der Waals surface area contributed by atoms with Crippen molar-refractivity contribution in [1.29, 1.82) is 0 Å². The van der Waals surface area contributed by atoms with Gasteiger partial charge in [0.2, 0.25) is 0 Å². The van der Waals surface area contributed by atoms with Crippen LogP contribution in [0.15, 0.2) is 38.0 Å². The van der Waals surface area contributed by atoms with Crippen molar-refractivity contribution in [1.82, 2.24) is 80.1 Å². The number of phosphoric acid groups is 9. The van der Waals surface area contributed by atoms with E-state index >= 15 is 0 Å². The molecule has 0 radical (unpaired) electrons. The molecule has 10 aliphatic rings. The molecule has 16 rings (SSSR count). The fourth-order valence-corrected chi connectivity index (χ4v) is 22.9. The molecular weight excluding hydrogens is 1480 g/mol. The van der Waals surface area contributed by atoms with Crippen LogP contribution < -0.4 is 17.2 Å². The predicted molar refractivity (Wildman–Crippen MR) is 276 cm³/mol. The first-order valence-corrected chi connectivity index (χ1v) is 38.6. The van der Waals surface area contributed by atoms with Gasteiger partial charge in [0.15, 0.2) is 34.4 Å². The highest BCUT2D eigenvalue weighted by atomic mass is 31.3. The molecule has 10 aliphatic heterocycles. The highest BCUT2D eigenvalue weighted by molar-refractivity contribution is 7.70. The first-order chi connectivity index (χ1) is 44.4. The number of imidazole rings is 3. The van der Waals surface area contributed by atoms with E-state index in [2.05, 4.69) is 67.7 Å². The van der Waals surface area contributed by atoms with E-state index < -0.39 is 162 Å². The van der Waals surface area contributed by atoms with Gasteiger partial charge in [-0.05, 0) is 0 Å². The zero-order valence-electron chi connectivity index (χ0n) is 45.1. The molecule has 0 amide bonds. The molecule has 0 spiro atoms. The minimum atomic E-state index is -6.28. The minimum Gasteiger partial charge on any atom is -0.390 e. The Bertz CT molecular complexity index is 4480. The van der Waals surface area contributed by atoms with Crippen molar-refractivity contribution in [2.24, 2.45) is 0 Å². The first-order valence-electron chi connectivity index (χ1n) is 25.4. The third-order valence-electron chi connectivity index (χ3n) is 13.1. The van der Waals surface area contributed by atoms with Gasteiger partial charge < -0.3 is 46.7 Å². The Balaban J connectivity index is 0.632. The van der Waals surface area contributed by atoms with Crippen molar-refractivity contribution in [2.45, 2.75) is 74.6 Å². The summed E-state index contributed by atoms with van der Waals surface area (Å²) in [6.45, 7) is -3.06. The van der Waals surface area contributed by atoms with E-state index in [0.29, 0.717) is 0 Å². The minimum absolute atomic E-state index is 0.00481. The molecule has 6 aromatic rings. The molecule has 8 unspecified atom stereocenters. The first kappa shape index (κ1) is 65.8. The number of aliphatic hydroxyl groups is 3. The van der Waals surface area contributed by atoms with Gasteiger partial charge in [-0.2, -0.15) is 25.9 Å². The molecule has 64 heteroatoms. The molecule has 10 saturated heterocycles. The summed E-state index contributed by atoms with van der Waals surface area (Å²) >= 11 is 0. The fraction of sp³-hybridized carbons (Fsp3) is 0.500. The lowest BCUT2D eigenvalue weighted by Gasteiger charge is -2.40. The van der Waals surface area contributed by atoms with E-state index in [4.69, 9.17) is 104 Å². The molecule has 10 fully saturated rings. The highest BCUT2D eigenvalue weighted by Gasteiger charge is 2.68. The summed E-state index contributed by atoms with van der Waals surface area (Å²) in [7, 11) is -51.2. The Morgan fingerprint density at radius 3 is 1.36 bits per heavy atom. The fourth-order valence-electron chi connectivity index (χ4n) is 9.14. The number of rotatable bonds is 20. The molecule has 0 saturated carbocycles. The number of aliphatic hydroxyl groups excluding tert-OH is 3. The van der Waals surface area contributed by atoms with Crippen LogP contribution in [0.4, 0.5) is 17.5 Å². The number of nitrogen functional groups attached to an aromatic ring is 3. The van der Waals surface area contributed by atoms with Crippen LogP contribution in [0.3, 0.4) is 0 Å². The Labute approximate surface area is 515 Å². The monoisotopic (exact) mass is 1520 g/mol. The van der Waals surface area contributed by atoms with E-state index in [1.165, 1.54) is 32.7 Å². The van der Waals surface area contributed by atoms with Gasteiger partial charge in [-0.25, -0.2) is 85.9 Å². The van der Waals surface area contributed by atoms with E-state index in [9.17, 15) is 56.4 Å². The summed E-state index contributed by atoms with van der Waals surface area (Å²) in [5.74, 6) is 0.0123. The quantitative estimate of drug-likeness (QED) is 0.0598. The van der Waals surface area contributed by atoms with Gasteiger partial charge in [0.05, 0.1) is 57.1 Å².